The number of hydrogen-bond acceptors (Lipinski definition) is 1. The summed E-state index contributed by atoms with van der Waals surface area (Å²) in [5, 5.41) is 0. The molecule has 1 aliphatic rings. The number of carbonyl (C=O) groups excluding carboxylic acids is 1. The topological polar surface area (TPSA) is 17.1 Å². The minimum Gasteiger partial charge on any atom is -0.299 e. The van der Waals surface area contributed by atoms with Gasteiger partial charge >= 0.3 is 0 Å². The van der Waals surface area contributed by atoms with Crippen LogP contribution in [0.1, 0.15) is 39.5 Å². The third kappa shape index (κ3) is 2.83. The molecule has 1 saturated carbocycles. The lowest BCUT2D eigenvalue weighted by atomic mass is 9.76. The normalized spacial score (nSPS) is 27.4. The molecule has 1 fully saturated rings. The Morgan fingerprint density at radius 2 is 2.00 bits per heavy atom. The van der Waals surface area contributed by atoms with Gasteiger partial charge in [-0.05, 0) is 39.0 Å². The van der Waals surface area contributed by atoms with Crippen molar-refractivity contribution in [2.75, 3.05) is 0 Å². The van der Waals surface area contributed by atoms with E-state index in [1.165, 1.54) is 0 Å². The Morgan fingerprint density at radius 3 is 2.43 bits per heavy atom. The van der Waals surface area contributed by atoms with Crippen LogP contribution in [-0.2, 0) is 4.79 Å². The van der Waals surface area contributed by atoms with E-state index in [4.69, 9.17) is 0 Å². The summed E-state index contributed by atoms with van der Waals surface area (Å²) in [5.41, 5.74) is 2.28. The Labute approximate surface area is 86.9 Å². The minimum atomic E-state index is 0.239. The number of Topliss-reactive ketones (excluding diaryl/α,β-unsaturated/α-hetero) is 1. The highest BCUT2D eigenvalue weighted by atomic mass is 16.1. The molecule has 1 rings (SSSR count). The summed E-state index contributed by atoms with van der Waals surface area (Å²) < 4.78 is 0. The van der Waals surface area contributed by atoms with Crippen molar-refractivity contribution < 1.29 is 4.79 Å². The van der Waals surface area contributed by atoms with Crippen LogP contribution >= 0.6 is 0 Å². The highest BCUT2D eigenvalue weighted by molar-refractivity contribution is 5.82. The summed E-state index contributed by atoms with van der Waals surface area (Å²) >= 11 is 0. The summed E-state index contributed by atoms with van der Waals surface area (Å²) in [6.07, 6.45) is 3.72. The molecule has 0 heterocycles. The molecule has 78 valence electrons. The lowest BCUT2D eigenvalue weighted by Gasteiger charge is -2.27. The minimum absolute atomic E-state index is 0.239. The Hall–Kier alpha value is -0.850. The van der Waals surface area contributed by atoms with Crippen molar-refractivity contribution >= 4 is 5.78 Å². The molecule has 0 aliphatic heterocycles. The van der Waals surface area contributed by atoms with Crippen LogP contribution in [0.2, 0.25) is 0 Å². The van der Waals surface area contributed by atoms with Crippen LogP contribution in [0.15, 0.2) is 24.3 Å². The Bertz CT molecular complexity index is 262. The van der Waals surface area contributed by atoms with Crippen LogP contribution in [0.3, 0.4) is 0 Å². The van der Waals surface area contributed by atoms with E-state index in [1.807, 2.05) is 13.8 Å². The fourth-order valence-electron chi connectivity index (χ4n) is 2.13. The largest absolute Gasteiger partial charge is 0.299 e. The summed E-state index contributed by atoms with van der Waals surface area (Å²) in [6, 6.07) is 0. The molecule has 0 aromatic carbocycles. The molecule has 14 heavy (non-hydrogen) atoms. The monoisotopic (exact) mass is 192 g/mol. The first-order valence-corrected chi connectivity index (χ1v) is 5.33. The van der Waals surface area contributed by atoms with Crippen LogP contribution < -0.4 is 0 Å². The molecule has 0 bridgehead atoms. The molecule has 0 radical (unpaired) electrons. The highest BCUT2D eigenvalue weighted by Gasteiger charge is 2.28. The summed E-state index contributed by atoms with van der Waals surface area (Å²) in [5.74, 6) is 1.08. The molecule has 0 aromatic heterocycles. The van der Waals surface area contributed by atoms with Gasteiger partial charge < -0.3 is 0 Å². The predicted octanol–water partition coefficient (Wildman–Crippen LogP) is 3.51. The lowest BCUT2D eigenvalue weighted by Crippen LogP contribution is -2.25. The molecule has 0 N–H and O–H groups in total. The smallest absolute Gasteiger partial charge is 0.136 e. The van der Waals surface area contributed by atoms with Crippen molar-refractivity contribution in [1.29, 1.82) is 0 Å². The molecule has 0 aromatic rings. The zero-order chi connectivity index (χ0) is 10.7. The van der Waals surface area contributed by atoms with Crippen molar-refractivity contribution in [2.45, 2.75) is 39.5 Å². The second-order valence-corrected chi connectivity index (χ2v) is 4.65. The van der Waals surface area contributed by atoms with Crippen LogP contribution in [0.4, 0.5) is 0 Å². The zero-order valence-electron chi connectivity index (χ0n) is 9.31. The molecule has 1 nitrogen and oxygen atoms in total. The van der Waals surface area contributed by atoms with E-state index >= 15 is 0 Å². The summed E-state index contributed by atoms with van der Waals surface area (Å²) in [6.45, 7) is 11.8. The van der Waals surface area contributed by atoms with E-state index in [9.17, 15) is 4.79 Å². The van der Waals surface area contributed by atoms with Gasteiger partial charge in [0, 0.05) is 12.3 Å². The maximum absolute atomic E-state index is 11.8. The van der Waals surface area contributed by atoms with Gasteiger partial charge in [-0.25, -0.2) is 0 Å². The van der Waals surface area contributed by atoms with Crippen molar-refractivity contribution in [3.8, 4) is 0 Å². The first kappa shape index (κ1) is 11.2. The lowest BCUT2D eigenvalue weighted by molar-refractivity contribution is -0.125. The van der Waals surface area contributed by atoms with Crippen molar-refractivity contribution in [3.63, 3.8) is 0 Å². The van der Waals surface area contributed by atoms with E-state index in [2.05, 4.69) is 13.2 Å². The highest BCUT2D eigenvalue weighted by Crippen LogP contribution is 2.32. The molecular weight excluding hydrogens is 172 g/mol. The fourth-order valence-corrected chi connectivity index (χ4v) is 2.13. The molecule has 1 aliphatic carbocycles. The third-order valence-electron chi connectivity index (χ3n) is 3.06. The molecular formula is C13H20O. The first-order valence-electron chi connectivity index (χ1n) is 5.33. The van der Waals surface area contributed by atoms with Gasteiger partial charge in [0.15, 0.2) is 0 Å². The second kappa shape index (κ2) is 4.59. The van der Waals surface area contributed by atoms with Crippen molar-refractivity contribution in [3.05, 3.63) is 24.3 Å². The van der Waals surface area contributed by atoms with Gasteiger partial charge in [0.05, 0.1) is 0 Å². The molecule has 0 spiro atoms. The molecule has 2 atom stereocenters. The maximum Gasteiger partial charge on any atom is 0.136 e. The van der Waals surface area contributed by atoms with Gasteiger partial charge in [-0.15, -0.1) is 6.58 Å². The van der Waals surface area contributed by atoms with E-state index in [-0.39, 0.29) is 5.92 Å². The SMILES string of the molecule is C=C(C)CC1CCC(C(=C)C)CC1=O. The summed E-state index contributed by atoms with van der Waals surface area (Å²) in [4.78, 5) is 11.8. The first-order chi connectivity index (χ1) is 6.50. The summed E-state index contributed by atoms with van der Waals surface area (Å²) in [7, 11) is 0. The Morgan fingerprint density at radius 1 is 1.36 bits per heavy atom. The van der Waals surface area contributed by atoms with Gasteiger partial charge in [0.25, 0.3) is 0 Å². The van der Waals surface area contributed by atoms with Gasteiger partial charge in [0.1, 0.15) is 5.78 Å². The quantitative estimate of drug-likeness (QED) is 0.625. The van der Waals surface area contributed by atoms with E-state index < -0.39 is 0 Å². The maximum atomic E-state index is 11.8. The number of allylic oxidation sites excluding steroid dienone is 2. The van der Waals surface area contributed by atoms with E-state index in [1.54, 1.807) is 0 Å². The molecule has 2 unspecified atom stereocenters. The molecule has 0 amide bonds. The second-order valence-electron chi connectivity index (χ2n) is 4.65. The molecule has 1 heteroatoms. The van der Waals surface area contributed by atoms with Gasteiger partial charge in [0.2, 0.25) is 0 Å². The average molecular weight is 192 g/mol. The average Bonchev–Trinajstić information content (AvgIpc) is 2.07. The number of hydrogen-bond donors (Lipinski definition) is 0. The number of carbonyl (C=O) groups is 1. The third-order valence-corrected chi connectivity index (χ3v) is 3.06. The van der Waals surface area contributed by atoms with Crippen LogP contribution in [0.5, 0.6) is 0 Å². The van der Waals surface area contributed by atoms with Gasteiger partial charge in [-0.1, -0.05) is 17.7 Å². The van der Waals surface area contributed by atoms with Crippen molar-refractivity contribution in [1.82, 2.24) is 0 Å². The Kier molecular flexibility index (Phi) is 3.68. The number of rotatable bonds is 3. The van der Waals surface area contributed by atoms with Crippen LogP contribution in [-0.4, -0.2) is 5.78 Å². The fraction of sp³-hybridized carbons (Fsp3) is 0.615. The van der Waals surface area contributed by atoms with Crippen LogP contribution in [0, 0.1) is 11.8 Å². The van der Waals surface area contributed by atoms with Crippen molar-refractivity contribution in [2.24, 2.45) is 11.8 Å². The van der Waals surface area contributed by atoms with Crippen LogP contribution in [0.25, 0.3) is 0 Å². The predicted molar refractivity (Wildman–Crippen MR) is 60.1 cm³/mol. The zero-order valence-corrected chi connectivity index (χ0v) is 9.31. The number of ketones is 1. The van der Waals surface area contributed by atoms with Gasteiger partial charge in [-0.2, -0.15) is 0 Å². The van der Waals surface area contributed by atoms with Gasteiger partial charge in [-0.3, -0.25) is 4.79 Å². The Balaban J connectivity index is 2.52. The van der Waals surface area contributed by atoms with E-state index in [0.29, 0.717) is 18.1 Å². The standard InChI is InChI=1S/C13H20O/c1-9(2)7-12-6-5-11(10(3)4)8-13(12)14/h11-12H,1,3,5-8H2,2,4H3. The van der Waals surface area contributed by atoms with E-state index in [0.717, 1.165) is 30.4 Å². The molecule has 0 saturated heterocycles.